The van der Waals surface area contributed by atoms with Crippen LogP contribution in [0.4, 0.5) is 4.79 Å². The van der Waals surface area contributed by atoms with Crippen molar-refractivity contribution < 1.29 is 19.4 Å². The van der Waals surface area contributed by atoms with Crippen molar-refractivity contribution in [3.63, 3.8) is 0 Å². The van der Waals surface area contributed by atoms with E-state index in [1.165, 1.54) is 7.21 Å². The van der Waals surface area contributed by atoms with Crippen LogP contribution in [0.2, 0.25) is 0 Å². The van der Waals surface area contributed by atoms with Gasteiger partial charge in [-0.3, -0.25) is 0 Å². The third-order valence-corrected chi connectivity index (χ3v) is 1.80. The summed E-state index contributed by atoms with van der Waals surface area (Å²) in [7, 11) is 3.28. The molecular weight excluding hydrogens is 242 g/mol. The van der Waals surface area contributed by atoms with Gasteiger partial charge in [-0.1, -0.05) is 0 Å². The molecule has 1 aromatic rings. The molecule has 0 aromatic heterocycles. The van der Waals surface area contributed by atoms with E-state index in [0.29, 0.717) is 11.5 Å². The molecule has 0 saturated heterocycles. The summed E-state index contributed by atoms with van der Waals surface area (Å²) < 4.78 is 13.6. The maximum absolute atomic E-state index is 11.1. The summed E-state index contributed by atoms with van der Waals surface area (Å²) in [6.07, 6.45) is -0.625. The maximum atomic E-state index is 11.1. The van der Waals surface area contributed by atoms with Crippen LogP contribution in [0.3, 0.4) is 0 Å². The molecule has 17 heavy (non-hydrogen) atoms. The molecule has 0 bridgehead atoms. The Kier molecular flexibility index (Phi) is 6.21. The van der Waals surface area contributed by atoms with Crippen LogP contribution in [0.25, 0.3) is 0 Å². The van der Waals surface area contributed by atoms with Crippen molar-refractivity contribution in [2.24, 2.45) is 4.67 Å². The van der Waals surface area contributed by atoms with E-state index in [4.69, 9.17) is 14.6 Å². The molecule has 0 radical (unpaired) electrons. The molecule has 2 N–H and O–H groups in total. The van der Waals surface area contributed by atoms with Crippen LogP contribution in [0.5, 0.6) is 11.5 Å². The van der Waals surface area contributed by atoms with Gasteiger partial charge >= 0.3 is 101 Å². The van der Waals surface area contributed by atoms with Crippen molar-refractivity contribution in [1.29, 1.82) is 0 Å². The van der Waals surface area contributed by atoms with Gasteiger partial charge in [0.2, 0.25) is 0 Å². The number of nitrogens with one attached hydrogen (secondary N) is 1. The standard InChI is InChI=1S/C9H12BN2O4P/c13-5-6-15-7-1-3-8(4-2-7)16-9(14)11-10-12-17/h1-4,13H,5-6,17H2,(H,11,14). The van der Waals surface area contributed by atoms with Gasteiger partial charge in [-0.25, -0.2) is 0 Å². The molecule has 1 unspecified atom stereocenters. The topological polar surface area (TPSA) is 80.2 Å². The monoisotopic (exact) mass is 254 g/mol. The molecule has 0 aliphatic carbocycles. The van der Waals surface area contributed by atoms with E-state index in [2.05, 4.69) is 19.3 Å². The van der Waals surface area contributed by atoms with Crippen molar-refractivity contribution in [2.45, 2.75) is 0 Å². The molecule has 90 valence electrons. The first-order valence-corrected chi connectivity index (χ1v) is 5.31. The van der Waals surface area contributed by atoms with Crippen molar-refractivity contribution in [1.82, 2.24) is 5.23 Å². The average Bonchev–Trinajstić information content (AvgIpc) is 2.35. The van der Waals surface area contributed by atoms with Crippen LogP contribution in [-0.4, -0.2) is 31.6 Å². The summed E-state index contributed by atoms with van der Waals surface area (Å²) in [5, 5.41) is 10.9. The summed E-state index contributed by atoms with van der Waals surface area (Å²) in [4.78, 5) is 11.1. The van der Waals surface area contributed by atoms with Crippen molar-refractivity contribution in [2.75, 3.05) is 13.2 Å². The van der Waals surface area contributed by atoms with Crippen LogP contribution in [0.1, 0.15) is 0 Å². The number of carbonyl (C=O) groups excluding carboxylic acids is 1. The Morgan fingerprint density at radius 2 is 2.06 bits per heavy atom. The number of amides is 1. The van der Waals surface area contributed by atoms with E-state index in [-0.39, 0.29) is 13.2 Å². The number of hydrogen-bond donors (Lipinski definition) is 2. The normalized spacial score (nSPS) is 9.76. The zero-order chi connectivity index (χ0) is 12.5. The Bertz CT molecular complexity index is 385. The third-order valence-electron chi connectivity index (χ3n) is 1.65. The van der Waals surface area contributed by atoms with E-state index in [1.54, 1.807) is 24.3 Å². The number of aliphatic hydroxyl groups is 1. The molecule has 0 aliphatic rings. The number of benzene rings is 1. The first-order valence-electron chi connectivity index (χ1n) is 4.80. The number of ether oxygens (including phenoxy) is 2. The fourth-order valence-electron chi connectivity index (χ4n) is 0.994. The van der Waals surface area contributed by atoms with E-state index < -0.39 is 6.09 Å². The van der Waals surface area contributed by atoms with E-state index >= 15 is 0 Å². The van der Waals surface area contributed by atoms with E-state index in [0.717, 1.165) is 0 Å². The number of rotatable bonds is 5. The van der Waals surface area contributed by atoms with Gasteiger partial charge in [0.15, 0.2) is 0 Å². The summed E-state index contributed by atoms with van der Waals surface area (Å²) in [5.41, 5.74) is 0. The quantitative estimate of drug-likeness (QED) is 0.599. The molecule has 6 nitrogen and oxygen atoms in total. The van der Waals surface area contributed by atoms with Gasteiger partial charge in [0, 0.05) is 0 Å². The minimum atomic E-state index is -0.625. The predicted molar refractivity (Wildman–Crippen MR) is 66.1 cm³/mol. The van der Waals surface area contributed by atoms with Gasteiger partial charge in [-0.05, 0) is 0 Å². The Morgan fingerprint density at radius 1 is 1.41 bits per heavy atom. The second-order valence-electron chi connectivity index (χ2n) is 2.86. The molecule has 0 aliphatic heterocycles. The number of hydrogen-bond acceptors (Lipinski definition) is 5. The molecular formula is C9H12BN2O4P. The van der Waals surface area contributed by atoms with Gasteiger partial charge < -0.3 is 0 Å². The number of aliphatic hydroxyl groups excluding tert-OH is 1. The predicted octanol–water partition coefficient (Wildman–Crippen LogP) is 0.739. The molecule has 1 atom stereocenters. The van der Waals surface area contributed by atoms with Crippen LogP contribution >= 0.6 is 9.39 Å². The van der Waals surface area contributed by atoms with Gasteiger partial charge in [-0.2, -0.15) is 0 Å². The first kappa shape index (κ1) is 13.6. The summed E-state index contributed by atoms with van der Waals surface area (Å²) in [6.45, 7) is 0.181. The SMILES string of the molecule is O=C(N/B=N/P)Oc1ccc(OCCO)cc1. The molecule has 0 spiro atoms. The fourth-order valence-corrected chi connectivity index (χ4v) is 1.07. The van der Waals surface area contributed by atoms with Gasteiger partial charge in [0.1, 0.15) is 0 Å². The summed E-state index contributed by atoms with van der Waals surface area (Å²) in [5.74, 6) is 0.981. The van der Waals surface area contributed by atoms with Crippen LogP contribution in [-0.2, 0) is 0 Å². The molecule has 1 amide bonds. The molecule has 0 heterocycles. The number of carbonyl (C=O) groups is 1. The van der Waals surface area contributed by atoms with Crippen LogP contribution in [0.15, 0.2) is 28.9 Å². The second kappa shape index (κ2) is 7.76. The van der Waals surface area contributed by atoms with Gasteiger partial charge in [0.05, 0.1) is 0 Å². The summed E-state index contributed by atoms with van der Waals surface area (Å²) in [6, 6.07) is 6.46. The molecule has 8 heteroatoms. The molecule has 0 fully saturated rings. The van der Waals surface area contributed by atoms with Crippen LogP contribution < -0.4 is 14.7 Å². The number of nitrogens with zero attached hydrogens (tertiary/aromatic N) is 1. The molecule has 1 aromatic carbocycles. The first-order chi connectivity index (χ1) is 8.26. The zero-order valence-electron chi connectivity index (χ0n) is 9.00. The van der Waals surface area contributed by atoms with Crippen molar-refractivity contribution in [3.8, 4) is 11.5 Å². The van der Waals surface area contributed by atoms with Crippen molar-refractivity contribution in [3.05, 3.63) is 24.3 Å². The Hall–Kier alpha value is -1.46. The second-order valence-corrected chi connectivity index (χ2v) is 3.15. The fraction of sp³-hybridized carbons (Fsp3) is 0.222. The van der Waals surface area contributed by atoms with E-state index in [1.807, 2.05) is 0 Å². The molecule has 0 saturated carbocycles. The average molecular weight is 254 g/mol. The van der Waals surface area contributed by atoms with Gasteiger partial charge in [0.25, 0.3) is 0 Å². The minimum absolute atomic E-state index is 0.0466. The zero-order valence-corrected chi connectivity index (χ0v) is 10.2. The Labute approximate surface area is 102 Å². The Morgan fingerprint density at radius 3 is 2.65 bits per heavy atom. The van der Waals surface area contributed by atoms with E-state index in [9.17, 15) is 4.79 Å². The van der Waals surface area contributed by atoms with Crippen LogP contribution in [0, 0.1) is 0 Å². The summed E-state index contributed by atoms with van der Waals surface area (Å²) >= 11 is 0. The van der Waals surface area contributed by atoms with Crippen molar-refractivity contribution >= 4 is 22.7 Å². The molecule has 1 rings (SSSR count). The third kappa shape index (κ3) is 5.42. The van der Waals surface area contributed by atoms with Gasteiger partial charge in [-0.15, -0.1) is 0 Å². The Balaban J connectivity index is 2.47.